The summed E-state index contributed by atoms with van der Waals surface area (Å²) in [5.41, 5.74) is -0.878. The van der Waals surface area contributed by atoms with Gasteiger partial charge in [0, 0.05) is 24.6 Å². The zero-order valence-corrected chi connectivity index (χ0v) is 11.1. The first kappa shape index (κ1) is 14.3. The molecule has 0 bridgehead atoms. The van der Waals surface area contributed by atoms with E-state index in [-0.39, 0.29) is 18.5 Å². The monoisotopic (exact) mass is 260 g/mol. The molecule has 2 atom stereocenters. The van der Waals surface area contributed by atoms with Gasteiger partial charge in [0.25, 0.3) is 0 Å². The molecule has 1 amide bonds. The van der Waals surface area contributed by atoms with Crippen LogP contribution in [0.3, 0.4) is 0 Å². The van der Waals surface area contributed by atoms with Gasteiger partial charge in [0.05, 0.1) is 11.5 Å². The van der Waals surface area contributed by atoms with Gasteiger partial charge >= 0.3 is 5.97 Å². The average molecular weight is 260 g/mol. The van der Waals surface area contributed by atoms with Crippen LogP contribution < -0.4 is 10.6 Å². The number of thioether (sulfide) groups is 1. The standard InChI is InChI=1S/C11H20N2O3S/c1-3-11(2,10(15)16)7-13-9(14)8-6-17-5-4-12-8/h8,12H,3-7H2,1-2H3,(H,13,14)(H,15,16). The van der Waals surface area contributed by atoms with Gasteiger partial charge in [-0.3, -0.25) is 9.59 Å². The van der Waals surface area contributed by atoms with E-state index in [0.29, 0.717) is 6.42 Å². The van der Waals surface area contributed by atoms with Gasteiger partial charge in [-0.2, -0.15) is 11.8 Å². The largest absolute Gasteiger partial charge is 0.481 e. The van der Waals surface area contributed by atoms with E-state index in [0.717, 1.165) is 18.1 Å². The third kappa shape index (κ3) is 3.89. The fourth-order valence-corrected chi connectivity index (χ4v) is 2.42. The number of carboxylic acid groups (broad SMARTS) is 1. The van der Waals surface area contributed by atoms with Crippen molar-refractivity contribution in [2.45, 2.75) is 26.3 Å². The summed E-state index contributed by atoms with van der Waals surface area (Å²) in [5.74, 6) is 0.803. The highest BCUT2D eigenvalue weighted by Crippen LogP contribution is 2.20. The zero-order valence-electron chi connectivity index (χ0n) is 10.3. The normalized spacial score (nSPS) is 23.8. The van der Waals surface area contributed by atoms with Gasteiger partial charge in [0.1, 0.15) is 0 Å². The third-order valence-electron chi connectivity index (χ3n) is 3.19. The average Bonchev–Trinajstić information content (AvgIpc) is 2.36. The van der Waals surface area contributed by atoms with Gasteiger partial charge in [0.2, 0.25) is 5.91 Å². The number of carbonyl (C=O) groups is 2. The van der Waals surface area contributed by atoms with E-state index in [4.69, 9.17) is 5.11 Å². The minimum Gasteiger partial charge on any atom is -0.481 e. The van der Waals surface area contributed by atoms with Crippen LogP contribution in [0.15, 0.2) is 0 Å². The van der Waals surface area contributed by atoms with E-state index in [9.17, 15) is 9.59 Å². The van der Waals surface area contributed by atoms with Crippen molar-refractivity contribution in [3.05, 3.63) is 0 Å². The number of nitrogens with one attached hydrogen (secondary N) is 2. The first-order chi connectivity index (χ1) is 7.99. The Morgan fingerprint density at radius 2 is 2.29 bits per heavy atom. The summed E-state index contributed by atoms with van der Waals surface area (Å²) in [4.78, 5) is 22.9. The van der Waals surface area contributed by atoms with E-state index in [2.05, 4.69) is 10.6 Å². The predicted molar refractivity (Wildman–Crippen MR) is 68.2 cm³/mol. The van der Waals surface area contributed by atoms with Crippen LogP contribution in [0.4, 0.5) is 0 Å². The van der Waals surface area contributed by atoms with Crippen molar-refractivity contribution in [3.63, 3.8) is 0 Å². The molecule has 0 aliphatic carbocycles. The Balaban J connectivity index is 2.43. The maximum absolute atomic E-state index is 11.8. The number of carbonyl (C=O) groups excluding carboxylic acids is 1. The number of aliphatic carboxylic acids is 1. The maximum Gasteiger partial charge on any atom is 0.311 e. The van der Waals surface area contributed by atoms with Crippen LogP contribution in [0.25, 0.3) is 0 Å². The SMILES string of the molecule is CCC(C)(CNC(=O)C1CSCCN1)C(=O)O. The molecule has 0 aromatic heterocycles. The number of carboxylic acids is 1. The van der Waals surface area contributed by atoms with E-state index in [1.54, 1.807) is 18.7 Å². The smallest absolute Gasteiger partial charge is 0.311 e. The number of amides is 1. The van der Waals surface area contributed by atoms with Gasteiger partial charge in [0.15, 0.2) is 0 Å². The molecule has 0 spiro atoms. The molecule has 1 fully saturated rings. The molecule has 1 saturated heterocycles. The number of hydrogen-bond acceptors (Lipinski definition) is 4. The Bertz CT molecular complexity index is 292. The van der Waals surface area contributed by atoms with Gasteiger partial charge in [-0.25, -0.2) is 0 Å². The van der Waals surface area contributed by atoms with Gasteiger partial charge in [-0.05, 0) is 13.3 Å². The van der Waals surface area contributed by atoms with Crippen LogP contribution in [0.5, 0.6) is 0 Å². The molecule has 1 heterocycles. The zero-order chi connectivity index (χ0) is 12.9. The molecule has 0 radical (unpaired) electrons. The Morgan fingerprint density at radius 3 is 2.76 bits per heavy atom. The summed E-state index contributed by atoms with van der Waals surface area (Å²) in [6.45, 7) is 4.47. The molecule has 1 aliphatic heterocycles. The molecule has 6 heteroatoms. The summed E-state index contributed by atoms with van der Waals surface area (Å²) in [5, 5.41) is 14.9. The minimum absolute atomic E-state index is 0.0990. The summed E-state index contributed by atoms with van der Waals surface area (Å²) in [7, 11) is 0. The second-order valence-corrected chi connectivity index (χ2v) is 5.67. The summed E-state index contributed by atoms with van der Waals surface area (Å²) in [6, 6.07) is -0.191. The molecule has 5 nitrogen and oxygen atoms in total. The second-order valence-electron chi connectivity index (χ2n) is 4.52. The Morgan fingerprint density at radius 1 is 1.59 bits per heavy atom. The molecular formula is C11H20N2O3S. The minimum atomic E-state index is -0.878. The molecular weight excluding hydrogens is 240 g/mol. The molecule has 1 rings (SSSR count). The topological polar surface area (TPSA) is 78.4 Å². The van der Waals surface area contributed by atoms with Crippen LogP contribution in [0, 0.1) is 5.41 Å². The maximum atomic E-state index is 11.8. The quantitative estimate of drug-likeness (QED) is 0.663. The molecule has 98 valence electrons. The number of hydrogen-bond donors (Lipinski definition) is 3. The van der Waals surface area contributed by atoms with Crippen LogP contribution in [-0.4, -0.2) is 47.6 Å². The van der Waals surface area contributed by atoms with Crippen LogP contribution in [0.1, 0.15) is 20.3 Å². The van der Waals surface area contributed by atoms with Crippen molar-refractivity contribution in [1.82, 2.24) is 10.6 Å². The highest BCUT2D eigenvalue weighted by molar-refractivity contribution is 7.99. The lowest BCUT2D eigenvalue weighted by atomic mass is 9.87. The van der Waals surface area contributed by atoms with Crippen molar-refractivity contribution >= 4 is 23.6 Å². The number of rotatable bonds is 5. The van der Waals surface area contributed by atoms with Crippen molar-refractivity contribution in [2.75, 3.05) is 24.6 Å². The van der Waals surface area contributed by atoms with E-state index in [1.807, 2.05) is 6.92 Å². The van der Waals surface area contributed by atoms with E-state index >= 15 is 0 Å². The molecule has 0 saturated carbocycles. The van der Waals surface area contributed by atoms with Crippen LogP contribution >= 0.6 is 11.8 Å². The first-order valence-corrected chi connectivity index (χ1v) is 6.97. The van der Waals surface area contributed by atoms with Crippen molar-refractivity contribution < 1.29 is 14.7 Å². The first-order valence-electron chi connectivity index (χ1n) is 5.82. The third-order valence-corrected chi connectivity index (χ3v) is 4.25. The fraction of sp³-hybridized carbons (Fsp3) is 0.818. The van der Waals surface area contributed by atoms with Crippen molar-refractivity contribution in [2.24, 2.45) is 5.41 Å². The Labute approximate surface area is 106 Å². The highest BCUT2D eigenvalue weighted by Gasteiger charge is 2.32. The summed E-state index contributed by atoms with van der Waals surface area (Å²) in [6.07, 6.45) is 0.495. The van der Waals surface area contributed by atoms with Gasteiger partial charge < -0.3 is 15.7 Å². The summed E-state index contributed by atoms with van der Waals surface area (Å²) >= 11 is 1.74. The molecule has 2 unspecified atom stereocenters. The predicted octanol–water partition coefficient (Wildman–Crippen LogP) is 0.309. The molecule has 3 N–H and O–H groups in total. The lowest BCUT2D eigenvalue weighted by Gasteiger charge is -2.26. The molecule has 0 aromatic rings. The van der Waals surface area contributed by atoms with Crippen molar-refractivity contribution in [1.29, 1.82) is 0 Å². The fourth-order valence-electron chi connectivity index (χ4n) is 1.49. The Kier molecular flexibility index (Phi) is 5.27. The molecule has 1 aliphatic rings. The van der Waals surface area contributed by atoms with Crippen LogP contribution in [-0.2, 0) is 9.59 Å². The summed E-state index contributed by atoms with van der Waals surface area (Å²) < 4.78 is 0. The Hall–Kier alpha value is -0.750. The lowest BCUT2D eigenvalue weighted by molar-refractivity contribution is -0.148. The second kappa shape index (κ2) is 6.26. The molecule has 17 heavy (non-hydrogen) atoms. The highest BCUT2D eigenvalue weighted by atomic mass is 32.2. The van der Waals surface area contributed by atoms with E-state index in [1.165, 1.54) is 0 Å². The van der Waals surface area contributed by atoms with Gasteiger partial charge in [-0.15, -0.1) is 0 Å². The lowest BCUT2D eigenvalue weighted by Crippen LogP contribution is -2.51. The van der Waals surface area contributed by atoms with Crippen LogP contribution in [0.2, 0.25) is 0 Å². The van der Waals surface area contributed by atoms with Crippen molar-refractivity contribution in [3.8, 4) is 0 Å². The van der Waals surface area contributed by atoms with Gasteiger partial charge in [-0.1, -0.05) is 6.92 Å². The van der Waals surface area contributed by atoms with E-state index < -0.39 is 11.4 Å². The molecule has 0 aromatic carbocycles.